The highest BCUT2D eigenvalue weighted by molar-refractivity contribution is 5.36. The maximum Gasteiger partial charge on any atom is 0.416 e. The number of benzene rings is 1. The molecule has 0 amide bonds. The number of hydrogen-bond donors (Lipinski definition) is 1. The van der Waals surface area contributed by atoms with Gasteiger partial charge < -0.3 is 5.73 Å². The second-order valence-corrected chi connectivity index (χ2v) is 4.05. The third-order valence-corrected chi connectivity index (χ3v) is 2.28. The van der Waals surface area contributed by atoms with Gasteiger partial charge >= 0.3 is 12.4 Å². The van der Waals surface area contributed by atoms with E-state index >= 15 is 0 Å². The SMILES string of the molecule is CC(N)Cc1ccc(C(F)(F)F)cc1C(F)(F)F. The summed E-state index contributed by atoms with van der Waals surface area (Å²) in [5.41, 5.74) is 2.54. The molecular formula is C11H11F6N. The third kappa shape index (κ3) is 3.63. The van der Waals surface area contributed by atoms with E-state index in [-0.39, 0.29) is 18.1 Å². The van der Waals surface area contributed by atoms with Crippen molar-refractivity contribution in [1.82, 2.24) is 0 Å². The summed E-state index contributed by atoms with van der Waals surface area (Å²) in [6.07, 6.45) is -9.76. The fraction of sp³-hybridized carbons (Fsp3) is 0.455. The summed E-state index contributed by atoms with van der Waals surface area (Å²) in [7, 11) is 0. The first kappa shape index (κ1) is 14.8. The van der Waals surface area contributed by atoms with Crippen LogP contribution in [0.2, 0.25) is 0 Å². The molecule has 0 saturated heterocycles. The van der Waals surface area contributed by atoms with E-state index in [1.807, 2.05) is 0 Å². The second kappa shape index (κ2) is 4.79. The van der Waals surface area contributed by atoms with Crippen LogP contribution in [0.1, 0.15) is 23.6 Å². The van der Waals surface area contributed by atoms with Crippen molar-refractivity contribution in [3.05, 3.63) is 34.9 Å². The second-order valence-electron chi connectivity index (χ2n) is 4.05. The number of nitrogens with two attached hydrogens (primary N) is 1. The van der Waals surface area contributed by atoms with Crippen molar-refractivity contribution in [2.45, 2.75) is 31.7 Å². The topological polar surface area (TPSA) is 26.0 Å². The van der Waals surface area contributed by atoms with Crippen molar-refractivity contribution >= 4 is 0 Å². The van der Waals surface area contributed by atoms with Crippen molar-refractivity contribution in [3.63, 3.8) is 0 Å². The zero-order valence-corrected chi connectivity index (χ0v) is 9.36. The van der Waals surface area contributed by atoms with Gasteiger partial charge in [0.05, 0.1) is 11.1 Å². The minimum atomic E-state index is -4.83. The normalized spacial score (nSPS) is 14.7. The van der Waals surface area contributed by atoms with Crippen LogP contribution < -0.4 is 5.73 Å². The van der Waals surface area contributed by atoms with E-state index in [1.54, 1.807) is 0 Å². The first-order valence-corrected chi connectivity index (χ1v) is 5.04. The molecule has 0 bridgehead atoms. The van der Waals surface area contributed by atoms with Gasteiger partial charge in [-0.05, 0) is 31.0 Å². The Labute approximate surface area is 99.6 Å². The quantitative estimate of drug-likeness (QED) is 0.817. The smallest absolute Gasteiger partial charge is 0.328 e. The van der Waals surface area contributed by atoms with E-state index in [1.165, 1.54) is 6.92 Å². The molecule has 0 aliphatic rings. The van der Waals surface area contributed by atoms with E-state index in [0.717, 1.165) is 6.07 Å². The lowest BCUT2D eigenvalue weighted by atomic mass is 9.98. The Bertz CT molecular complexity index is 419. The summed E-state index contributed by atoms with van der Waals surface area (Å²) < 4.78 is 75.1. The number of hydrogen-bond acceptors (Lipinski definition) is 1. The zero-order valence-electron chi connectivity index (χ0n) is 9.36. The van der Waals surface area contributed by atoms with Gasteiger partial charge in [0.1, 0.15) is 0 Å². The van der Waals surface area contributed by atoms with E-state index in [0.29, 0.717) is 6.07 Å². The average Bonchev–Trinajstić information content (AvgIpc) is 2.13. The van der Waals surface area contributed by atoms with Crippen LogP contribution in [-0.2, 0) is 18.8 Å². The molecule has 0 radical (unpaired) electrons. The predicted molar refractivity (Wildman–Crippen MR) is 53.8 cm³/mol. The molecule has 0 aromatic heterocycles. The summed E-state index contributed by atoms with van der Waals surface area (Å²) in [6, 6.07) is 1.02. The van der Waals surface area contributed by atoms with Crippen molar-refractivity contribution in [2.24, 2.45) is 5.73 Å². The largest absolute Gasteiger partial charge is 0.416 e. The number of rotatable bonds is 2. The van der Waals surface area contributed by atoms with Crippen LogP contribution in [0.4, 0.5) is 26.3 Å². The Morgan fingerprint density at radius 2 is 1.61 bits per heavy atom. The molecule has 0 saturated carbocycles. The first-order chi connectivity index (χ1) is 8.01. The Morgan fingerprint density at radius 1 is 1.06 bits per heavy atom. The molecule has 0 aliphatic carbocycles. The highest BCUT2D eigenvalue weighted by atomic mass is 19.4. The molecule has 0 aliphatic heterocycles. The maximum absolute atomic E-state index is 12.7. The molecule has 18 heavy (non-hydrogen) atoms. The van der Waals surface area contributed by atoms with Crippen LogP contribution >= 0.6 is 0 Å². The third-order valence-electron chi connectivity index (χ3n) is 2.28. The summed E-state index contributed by atoms with van der Waals surface area (Å²) >= 11 is 0. The zero-order chi connectivity index (χ0) is 14.1. The Morgan fingerprint density at radius 3 is 2.00 bits per heavy atom. The van der Waals surface area contributed by atoms with E-state index < -0.39 is 29.5 Å². The molecule has 1 rings (SSSR count). The van der Waals surface area contributed by atoms with Gasteiger partial charge in [-0.25, -0.2) is 0 Å². The van der Waals surface area contributed by atoms with Crippen LogP contribution in [0, 0.1) is 0 Å². The number of halogens is 6. The number of alkyl halides is 6. The molecule has 102 valence electrons. The Hall–Kier alpha value is -1.24. The Balaban J connectivity index is 3.30. The standard InChI is InChI=1S/C11H11F6N/c1-6(18)4-7-2-3-8(10(12,13)14)5-9(7)11(15,16)17/h2-3,5-6H,4,18H2,1H3. The molecule has 1 atom stereocenters. The molecule has 1 aromatic rings. The van der Waals surface area contributed by atoms with Crippen LogP contribution in [0.3, 0.4) is 0 Å². The average molecular weight is 271 g/mol. The lowest BCUT2D eigenvalue weighted by molar-refractivity contribution is -0.143. The predicted octanol–water partition coefficient (Wildman–Crippen LogP) is 3.61. The molecule has 7 heteroatoms. The van der Waals surface area contributed by atoms with Gasteiger partial charge in [0.2, 0.25) is 0 Å². The highest BCUT2D eigenvalue weighted by Crippen LogP contribution is 2.37. The van der Waals surface area contributed by atoms with Crippen molar-refractivity contribution in [3.8, 4) is 0 Å². The summed E-state index contributed by atoms with van der Waals surface area (Å²) in [5, 5.41) is 0. The monoisotopic (exact) mass is 271 g/mol. The first-order valence-electron chi connectivity index (χ1n) is 5.04. The van der Waals surface area contributed by atoms with Crippen molar-refractivity contribution in [2.75, 3.05) is 0 Å². The van der Waals surface area contributed by atoms with Crippen molar-refractivity contribution < 1.29 is 26.3 Å². The summed E-state index contributed by atoms with van der Waals surface area (Å²) in [5.74, 6) is 0. The molecule has 2 N–H and O–H groups in total. The lowest BCUT2D eigenvalue weighted by Crippen LogP contribution is -2.21. The molecular weight excluding hydrogens is 260 g/mol. The van der Waals surface area contributed by atoms with Gasteiger partial charge in [0.25, 0.3) is 0 Å². The van der Waals surface area contributed by atoms with E-state index in [2.05, 4.69) is 0 Å². The van der Waals surface area contributed by atoms with Gasteiger partial charge in [0, 0.05) is 6.04 Å². The lowest BCUT2D eigenvalue weighted by Gasteiger charge is -2.16. The Kier molecular flexibility index (Phi) is 3.95. The minimum Gasteiger partial charge on any atom is -0.328 e. The highest BCUT2D eigenvalue weighted by Gasteiger charge is 2.37. The summed E-state index contributed by atoms with van der Waals surface area (Å²) in [4.78, 5) is 0. The molecule has 0 spiro atoms. The van der Waals surface area contributed by atoms with Crippen LogP contribution in [0.15, 0.2) is 18.2 Å². The molecule has 1 nitrogen and oxygen atoms in total. The van der Waals surface area contributed by atoms with Gasteiger partial charge in [-0.1, -0.05) is 6.07 Å². The molecule has 1 unspecified atom stereocenters. The van der Waals surface area contributed by atoms with E-state index in [9.17, 15) is 26.3 Å². The van der Waals surface area contributed by atoms with E-state index in [4.69, 9.17) is 5.73 Å². The molecule has 1 aromatic carbocycles. The van der Waals surface area contributed by atoms with Gasteiger partial charge in [0.15, 0.2) is 0 Å². The van der Waals surface area contributed by atoms with Gasteiger partial charge in [-0.2, -0.15) is 26.3 Å². The van der Waals surface area contributed by atoms with Crippen LogP contribution in [0.5, 0.6) is 0 Å². The molecule has 0 heterocycles. The van der Waals surface area contributed by atoms with Crippen LogP contribution in [0.25, 0.3) is 0 Å². The van der Waals surface area contributed by atoms with Gasteiger partial charge in [-0.15, -0.1) is 0 Å². The summed E-state index contributed by atoms with van der Waals surface area (Å²) in [6.45, 7) is 1.48. The van der Waals surface area contributed by atoms with Gasteiger partial charge in [-0.3, -0.25) is 0 Å². The fourth-order valence-corrected chi connectivity index (χ4v) is 1.54. The van der Waals surface area contributed by atoms with Crippen molar-refractivity contribution in [1.29, 1.82) is 0 Å². The minimum absolute atomic E-state index is 0.123. The molecule has 0 fully saturated rings. The fourth-order valence-electron chi connectivity index (χ4n) is 1.54. The maximum atomic E-state index is 12.7. The van der Waals surface area contributed by atoms with Crippen LogP contribution in [-0.4, -0.2) is 6.04 Å².